The Morgan fingerprint density at radius 1 is 1.33 bits per heavy atom. The molecular weight excluding hydrogens is 264 g/mol. The molecule has 2 N–H and O–H groups in total. The molecule has 0 radical (unpaired) electrons. The maximum atomic E-state index is 9.94. The molecule has 0 aliphatic heterocycles. The van der Waals surface area contributed by atoms with Crippen molar-refractivity contribution in [1.82, 2.24) is 10.2 Å². The van der Waals surface area contributed by atoms with Crippen LogP contribution < -0.4 is 5.32 Å². The summed E-state index contributed by atoms with van der Waals surface area (Å²) < 4.78 is 5.46. The van der Waals surface area contributed by atoms with Crippen LogP contribution in [0.1, 0.15) is 53.4 Å². The largest absolute Gasteiger partial charge is 0.394 e. The molecule has 2 atom stereocenters. The number of aliphatic hydroxyl groups excluding tert-OH is 1. The zero-order chi connectivity index (χ0) is 15.7. The molecule has 1 aliphatic carbocycles. The third kappa shape index (κ3) is 5.85. The highest BCUT2D eigenvalue weighted by Gasteiger charge is 2.42. The van der Waals surface area contributed by atoms with E-state index in [-0.39, 0.29) is 12.1 Å². The standard InChI is InChI=1S/C17H36N2O2/c1-5-19(12-13-21-6-2)11-9-16-8-7-10-17(16,14-20)18-15(3)4/h15-16,18,20H,5-14H2,1-4H3. The zero-order valence-electron chi connectivity index (χ0n) is 14.5. The van der Waals surface area contributed by atoms with Gasteiger partial charge in [0, 0.05) is 24.7 Å². The van der Waals surface area contributed by atoms with Crippen LogP contribution in [0.5, 0.6) is 0 Å². The van der Waals surface area contributed by atoms with Crippen LogP contribution in [-0.4, -0.2) is 61.0 Å². The second kappa shape index (κ2) is 9.78. The number of likely N-dealkylation sites (N-methyl/N-ethyl adjacent to an activating group) is 1. The van der Waals surface area contributed by atoms with Crippen LogP contribution >= 0.6 is 0 Å². The van der Waals surface area contributed by atoms with Crippen LogP contribution in [0.15, 0.2) is 0 Å². The summed E-state index contributed by atoms with van der Waals surface area (Å²) in [6, 6.07) is 0.429. The quantitative estimate of drug-likeness (QED) is 0.575. The van der Waals surface area contributed by atoms with Gasteiger partial charge in [-0.15, -0.1) is 0 Å². The molecule has 0 saturated heterocycles. The Hall–Kier alpha value is -0.160. The molecule has 4 heteroatoms. The molecule has 0 aromatic rings. The van der Waals surface area contributed by atoms with Crippen LogP contribution in [0.25, 0.3) is 0 Å². The van der Waals surface area contributed by atoms with Gasteiger partial charge in [-0.3, -0.25) is 0 Å². The highest BCUT2D eigenvalue weighted by molar-refractivity contribution is 4.99. The maximum Gasteiger partial charge on any atom is 0.0616 e. The van der Waals surface area contributed by atoms with Crippen molar-refractivity contribution in [2.45, 2.75) is 65.0 Å². The van der Waals surface area contributed by atoms with E-state index in [1.54, 1.807) is 0 Å². The minimum atomic E-state index is -0.0481. The monoisotopic (exact) mass is 300 g/mol. The van der Waals surface area contributed by atoms with Gasteiger partial charge < -0.3 is 20.1 Å². The van der Waals surface area contributed by atoms with Gasteiger partial charge in [0.2, 0.25) is 0 Å². The summed E-state index contributed by atoms with van der Waals surface area (Å²) in [4.78, 5) is 2.46. The highest BCUT2D eigenvalue weighted by Crippen LogP contribution is 2.38. The molecule has 0 bridgehead atoms. The van der Waals surface area contributed by atoms with Crippen molar-refractivity contribution in [3.63, 3.8) is 0 Å². The van der Waals surface area contributed by atoms with E-state index >= 15 is 0 Å². The fourth-order valence-corrected chi connectivity index (χ4v) is 3.69. The molecule has 4 nitrogen and oxygen atoms in total. The number of ether oxygens (including phenoxy) is 1. The second-order valence-corrected chi connectivity index (χ2v) is 6.62. The van der Waals surface area contributed by atoms with Gasteiger partial charge >= 0.3 is 0 Å². The predicted molar refractivity (Wildman–Crippen MR) is 88.7 cm³/mol. The summed E-state index contributed by atoms with van der Waals surface area (Å²) in [6.07, 6.45) is 4.75. The Bertz CT molecular complexity index is 274. The average Bonchev–Trinajstić information content (AvgIpc) is 2.85. The lowest BCUT2D eigenvalue weighted by molar-refractivity contribution is 0.0912. The van der Waals surface area contributed by atoms with Crippen molar-refractivity contribution >= 4 is 0 Å². The third-order valence-electron chi connectivity index (χ3n) is 4.81. The van der Waals surface area contributed by atoms with E-state index in [0.29, 0.717) is 12.0 Å². The maximum absolute atomic E-state index is 9.94. The Labute approximate surface area is 131 Å². The minimum absolute atomic E-state index is 0.0481. The fourth-order valence-electron chi connectivity index (χ4n) is 3.69. The van der Waals surface area contributed by atoms with E-state index in [1.165, 1.54) is 19.3 Å². The fraction of sp³-hybridized carbons (Fsp3) is 1.00. The van der Waals surface area contributed by atoms with E-state index in [2.05, 4.69) is 31.0 Å². The predicted octanol–water partition coefficient (Wildman–Crippen LogP) is 2.26. The lowest BCUT2D eigenvalue weighted by Gasteiger charge is -2.38. The molecule has 0 aromatic heterocycles. The molecule has 1 aliphatic rings. The van der Waals surface area contributed by atoms with Gasteiger partial charge in [0.25, 0.3) is 0 Å². The first-order valence-electron chi connectivity index (χ1n) is 8.76. The van der Waals surface area contributed by atoms with Crippen LogP contribution in [0.4, 0.5) is 0 Å². The second-order valence-electron chi connectivity index (χ2n) is 6.62. The summed E-state index contributed by atoms with van der Waals surface area (Å²) in [5.74, 6) is 0.589. The van der Waals surface area contributed by atoms with Crippen LogP contribution in [0.3, 0.4) is 0 Å². The van der Waals surface area contributed by atoms with E-state index in [9.17, 15) is 5.11 Å². The third-order valence-corrected chi connectivity index (χ3v) is 4.81. The van der Waals surface area contributed by atoms with E-state index in [1.807, 2.05) is 6.92 Å². The lowest BCUT2D eigenvalue weighted by atomic mass is 9.84. The SMILES string of the molecule is CCOCCN(CC)CCC1CCCC1(CO)NC(C)C. The molecule has 2 unspecified atom stereocenters. The van der Waals surface area contributed by atoms with Crippen LogP contribution in [0, 0.1) is 5.92 Å². The van der Waals surface area contributed by atoms with Crippen LogP contribution in [-0.2, 0) is 4.74 Å². The minimum Gasteiger partial charge on any atom is -0.394 e. The molecule has 0 spiro atoms. The smallest absolute Gasteiger partial charge is 0.0616 e. The number of aliphatic hydroxyl groups is 1. The highest BCUT2D eigenvalue weighted by atomic mass is 16.5. The summed E-state index contributed by atoms with van der Waals surface area (Å²) in [7, 11) is 0. The van der Waals surface area contributed by atoms with Crippen molar-refractivity contribution in [3.8, 4) is 0 Å². The molecule has 0 amide bonds. The molecule has 1 rings (SSSR count). The summed E-state index contributed by atoms with van der Waals surface area (Å²) in [5.41, 5.74) is -0.0481. The lowest BCUT2D eigenvalue weighted by Crippen LogP contribution is -2.54. The first-order valence-corrected chi connectivity index (χ1v) is 8.76. The van der Waals surface area contributed by atoms with Crippen molar-refractivity contribution in [3.05, 3.63) is 0 Å². The van der Waals surface area contributed by atoms with Crippen molar-refractivity contribution in [1.29, 1.82) is 0 Å². The number of rotatable bonds is 11. The molecule has 0 aromatic carbocycles. The molecule has 1 fully saturated rings. The van der Waals surface area contributed by atoms with E-state index in [0.717, 1.165) is 39.3 Å². The number of hydrogen-bond acceptors (Lipinski definition) is 4. The summed E-state index contributed by atoms with van der Waals surface area (Å²) in [5, 5.41) is 13.6. The normalized spacial score (nSPS) is 26.1. The Balaban J connectivity index is 2.47. The van der Waals surface area contributed by atoms with Crippen molar-refractivity contribution < 1.29 is 9.84 Å². The average molecular weight is 300 g/mol. The van der Waals surface area contributed by atoms with Gasteiger partial charge in [-0.1, -0.05) is 27.2 Å². The number of nitrogens with one attached hydrogen (secondary N) is 1. The first-order chi connectivity index (χ1) is 10.1. The van der Waals surface area contributed by atoms with Gasteiger partial charge in [-0.05, 0) is 45.2 Å². The molecule has 21 heavy (non-hydrogen) atoms. The summed E-state index contributed by atoms with van der Waals surface area (Å²) in [6.45, 7) is 13.7. The van der Waals surface area contributed by atoms with E-state index < -0.39 is 0 Å². The van der Waals surface area contributed by atoms with Crippen molar-refractivity contribution in [2.24, 2.45) is 5.92 Å². The van der Waals surface area contributed by atoms with Crippen molar-refractivity contribution in [2.75, 3.05) is 39.5 Å². The van der Waals surface area contributed by atoms with Gasteiger partial charge in [0.1, 0.15) is 0 Å². The topological polar surface area (TPSA) is 44.7 Å². The Morgan fingerprint density at radius 3 is 2.67 bits per heavy atom. The Morgan fingerprint density at radius 2 is 2.10 bits per heavy atom. The first kappa shape index (κ1) is 18.9. The summed E-state index contributed by atoms with van der Waals surface area (Å²) >= 11 is 0. The van der Waals surface area contributed by atoms with Gasteiger partial charge in [0.15, 0.2) is 0 Å². The van der Waals surface area contributed by atoms with Gasteiger partial charge in [-0.25, -0.2) is 0 Å². The van der Waals surface area contributed by atoms with Crippen LogP contribution in [0.2, 0.25) is 0 Å². The van der Waals surface area contributed by atoms with Gasteiger partial charge in [-0.2, -0.15) is 0 Å². The zero-order valence-corrected chi connectivity index (χ0v) is 14.5. The molecule has 1 saturated carbocycles. The molecule has 126 valence electrons. The molecule has 0 heterocycles. The molecular formula is C17H36N2O2. The number of nitrogens with zero attached hydrogens (tertiary/aromatic N) is 1. The number of hydrogen-bond donors (Lipinski definition) is 2. The Kier molecular flexibility index (Phi) is 8.79. The van der Waals surface area contributed by atoms with E-state index in [4.69, 9.17) is 4.74 Å². The van der Waals surface area contributed by atoms with Gasteiger partial charge in [0.05, 0.1) is 13.2 Å².